The van der Waals surface area contributed by atoms with Crippen molar-refractivity contribution in [2.75, 3.05) is 5.73 Å². The van der Waals surface area contributed by atoms with E-state index in [1.165, 1.54) is 0 Å². The Hall–Kier alpha value is -2.04. The van der Waals surface area contributed by atoms with Crippen molar-refractivity contribution in [2.24, 2.45) is 0 Å². The molecule has 0 saturated carbocycles. The van der Waals surface area contributed by atoms with Gasteiger partial charge in [-0.05, 0) is 12.1 Å². The lowest BCUT2D eigenvalue weighted by molar-refractivity contribution is 0.286. The van der Waals surface area contributed by atoms with Gasteiger partial charge in [0.15, 0.2) is 6.61 Å². The molecule has 0 amide bonds. The van der Waals surface area contributed by atoms with Gasteiger partial charge in [0.2, 0.25) is 11.7 Å². The summed E-state index contributed by atoms with van der Waals surface area (Å²) < 4.78 is 10.6. The van der Waals surface area contributed by atoms with Gasteiger partial charge in [-0.3, -0.25) is 0 Å². The van der Waals surface area contributed by atoms with E-state index in [0.717, 1.165) is 0 Å². The molecule has 0 spiro atoms. The number of nitrogen functional groups attached to an aromatic ring is 1. The molecule has 0 unspecified atom stereocenters. The predicted molar refractivity (Wildman–Crippen MR) is 63.6 cm³/mol. The molecule has 0 aliphatic heterocycles. The van der Waals surface area contributed by atoms with E-state index >= 15 is 0 Å². The van der Waals surface area contributed by atoms with Crippen LogP contribution in [-0.2, 0) is 6.61 Å². The van der Waals surface area contributed by atoms with E-state index in [1.807, 2.05) is 26.0 Å². The molecule has 0 aliphatic carbocycles. The third-order valence-electron chi connectivity index (χ3n) is 2.25. The van der Waals surface area contributed by atoms with Crippen LogP contribution in [0.5, 0.6) is 5.75 Å². The van der Waals surface area contributed by atoms with Gasteiger partial charge in [-0.15, -0.1) is 0 Å². The standard InChI is InChI=1S/C12H15N3O2/c1-8(2)12-14-11(15-17-12)7-16-10-6-4-3-5-9(10)13/h3-6,8H,7,13H2,1-2H3. The van der Waals surface area contributed by atoms with Gasteiger partial charge in [0.25, 0.3) is 0 Å². The zero-order valence-electron chi connectivity index (χ0n) is 9.88. The summed E-state index contributed by atoms with van der Waals surface area (Å²) in [5.74, 6) is 1.99. The van der Waals surface area contributed by atoms with Gasteiger partial charge in [-0.25, -0.2) is 0 Å². The summed E-state index contributed by atoms with van der Waals surface area (Å²) in [6, 6.07) is 7.30. The van der Waals surface area contributed by atoms with E-state index in [2.05, 4.69) is 10.1 Å². The molecule has 1 aromatic carbocycles. The van der Waals surface area contributed by atoms with Crippen molar-refractivity contribution in [3.05, 3.63) is 36.0 Å². The molecule has 0 radical (unpaired) electrons. The van der Waals surface area contributed by atoms with Crippen LogP contribution in [0.25, 0.3) is 0 Å². The number of nitrogens with two attached hydrogens (primary N) is 1. The second kappa shape index (κ2) is 4.86. The number of aromatic nitrogens is 2. The van der Waals surface area contributed by atoms with Crippen LogP contribution in [-0.4, -0.2) is 10.1 Å². The predicted octanol–water partition coefficient (Wildman–Crippen LogP) is 2.35. The first-order valence-electron chi connectivity index (χ1n) is 5.46. The number of anilines is 1. The van der Waals surface area contributed by atoms with Crippen LogP contribution < -0.4 is 10.5 Å². The molecule has 17 heavy (non-hydrogen) atoms. The number of benzene rings is 1. The third-order valence-corrected chi connectivity index (χ3v) is 2.25. The van der Waals surface area contributed by atoms with Crippen LogP contribution in [0.15, 0.2) is 28.8 Å². The van der Waals surface area contributed by atoms with Crippen molar-refractivity contribution in [1.82, 2.24) is 10.1 Å². The average molecular weight is 233 g/mol. The van der Waals surface area contributed by atoms with Crippen LogP contribution >= 0.6 is 0 Å². The number of hydrogen-bond acceptors (Lipinski definition) is 5. The van der Waals surface area contributed by atoms with Crippen LogP contribution in [0.1, 0.15) is 31.5 Å². The van der Waals surface area contributed by atoms with E-state index in [9.17, 15) is 0 Å². The summed E-state index contributed by atoms with van der Waals surface area (Å²) in [4.78, 5) is 4.21. The van der Waals surface area contributed by atoms with Gasteiger partial charge in [-0.2, -0.15) is 4.98 Å². The van der Waals surface area contributed by atoms with Crippen molar-refractivity contribution in [3.8, 4) is 5.75 Å². The molecule has 2 aromatic rings. The molecule has 0 aliphatic rings. The van der Waals surface area contributed by atoms with Crippen molar-refractivity contribution in [2.45, 2.75) is 26.4 Å². The van der Waals surface area contributed by atoms with Gasteiger partial charge in [-0.1, -0.05) is 31.1 Å². The number of para-hydroxylation sites is 2. The zero-order chi connectivity index (χ0) is 12.3. The molecular weight excluding hydrogens is 218 g/mol. The molecule has 5 heteroatoms. The first kappa shape index (κ1) is 11.4. The highest BCUT2D eigenvalue weighted by Crippen LogP contribution is 2.20. The van der Waals surface area contributed by atoms with Crippen LogP contribution in [0.3, 0.4) is 0 Å². The fourth-order valence-corrected chi connectivity index (χ4v) is 1.31. The monoisotopic (exact) mass is 233 g/mol. The van der Waals surface area contributed by atoms with Crippen molar-refractivity contribution in [3.63, 3.8) is 0 Å². The van der Waals surface area contributed by atoms with Crippen LogP contribution in [0.2, 0.25) is 0 Å². The molecule has 0 bridgehead atoms. The Balaban J connectivity index is 2.00. The zero-order valence-corrected chi connectivity index (χ0v) is 9.88. The fourth-order valence-electron chi connectivity index (χ4n) is 1.31. The summed E-state index contributed by atoms with van der Waals surface area (Å²) in [7, 11) is 0. The van der Waals surface area contributed by atoms with E-state index in [4.69, 9.17) is 15.0 Å². The first-order chi connectivity index (χ1) is 8.16. The Bertz CT molecular complexity index is 494. The second-order valence-corrected chi connectivity index (χ2v) is 4.03. The highest BCUT2D eigenvalue weighted by Gasteiger charge is 2.10. The van der Waals surface area contributed by atoms with E-state index < -0.39 is 0 Å². The molecule has 1 heterocycles. The summed E-state index contributed by atoms with van der Waals surface area (Å²) in [5, 5.41) is 3.83. The lowest BCUT2D eigenvalue weighted by Gasteiger charge is -2.05. The minimum absolute atomic E-state index is 0.220. The molecule has 0 saturated heterocycles. The Kier molecular flexibility index (Phi) is 3.27. The fraction of sp³-hybridized carbons (Fsp3) is 0.333. The minimum atomic E-state index is 0.220. The number of ether oxygens (including phenoxy) is 1. The number of hydrogen-bond donors (Lipinski definition) is 1. The van der Waals surface area contributed by atoms with E-state index in [0.29, 0.717) is 23.2 Å². The minimum Gasteiger partial charge on any atom is -0.483 e. The maximum absolute atomic E-state index is 5.75. The second-order valence-electron chi connectivity index (χ2n) is 4.03. The average Bonchev–Trinajstić information content (AvgIpc) is 2.77. The Morgan fingerprint density at radius 3 is 2.76 bits per heavy atom. The lowest BCUT2D eigenvalue weighted by atomic mass is 10.2. The van der Waals surface area contributed by atoms with Gasteiger partial charge in [0.1, 0.15) is 5.75 Å². The number of nitrogens with zero attached hydrogens (tertiary/aromatic N) is 2. The van der Waals surface area contributed by atoms with E-state index in [-0.39, 0.29) is 12.5 Å². The summed E-state index contributed by atoms with van der Waals surface area (Å²) in [6.45, 7) is 4.24. The molecule has 0 fully saturated rings. The van der Waals surface area contributed by atoms with E-state index in [1.54, 1.807) is 12.1 Å². The summed E-state index contributed by atoms with van der Waals surface area (Å²) in [6.07, 6.45) is 0. The van der Waals surface area contributed by atoms with Crippen molar-refractivity contribution < 1.29 is 9.26 Å². The molecule has 2 N–H and O–H groups in total. The Labute approximate surface area is 99.6 Å². The summed E-state index contributed by atoms with van der Waals surface area (Å²) in [5.41, 5.74) is 6.35. The highest BCUT2D eigenvalue weighted by atomic mass is 16.5. The smallest absolute Gasteiger partial charge is 0.229 e. The van der Waals surface area contributed by atoms with Crippen LogP contribution in [0.4, 0.5) is 5.69 Å². The third kappa shape index (κ3) is 2.75. The largest absolute Gasteiger partial charge is 0.483 e. The SMILES string of the molecule is CC(C)c1nc(COc2ccccc2N)no1. The molecular formula is C12H15N3O2. The van der Waals surface area contributed by atoms with Crippen LogP contribution in [0, 0.1) is 0 Å². The Morgan fingerprint density at radius 1 is 1.35 bits per heavy atom. The molecule has 1 aromatic heterocycles. The molecule has 0 atom stereocenters. The first-order valence-corrected chi connectivity index (χ1v) is 5.46. The van der Waals surface area contributed by atoms with Gasteiger partial charge >= 0.3 is 0 Å². The number of rotatable bonds is 4. The lowest BCUT2D eigenvalue weighted by Crippen LogP contribution is -2.00. The Morgan fingerprint density at radius 2 is 2.12 bits per heavy atom. The van der Waals surface area contributed by atoms with Gasteiger partial charge in [0, 0.05) is 5.92 Å². The van der Waals surface area contributed by atoms with Gasteiger partial charge < -0.3 is 15.0 Å². The highest BCUT2D eigenvalue weighted by molar-refractivity contribution is 5.51. The van der Waals surface area contributed by atoms with Crippen molar-refractivity contribution in [1.29, 1.82) is 0 Å². The quantitative estimate of drug-likeness (QED) is 0.820. The molecule has 2 rings (SSSR count). The van der Waals surface area contributed by atoms with Crippen molar-refractivity contribution >= 4 is 5.69 Å². The normalized spacial score (nSPS) is 10.8. The molecule has 90 valence electrons. The maximum atomic E-state index is 5.75. The summed E-state index contributed by atoms with van der Waals surface area (Å²) >= 11 is 0. The topological polar surface area (TPSA) is 74.2 Å². The van der Waals surface area contributed by atoms with Gasteiger partial charge in [0.05, 0.1) is 5.69 Å². The molecule has 5 nitrogen and oxygen atoms in total. The maximum Gasteiger partial charge on any atom is 0.229 e.